The first kappa shape index (κ1) is 16.3. The van der Waals surface area contributed by atoms with Crippen molar-refractivity contribution in [3.8, 4) is 0 Å². The first-order valence-corrected chi connectivity index (χ1v) is 9.58. The summed E-state index contributed by atoms with van der Waals surface area (Å²) >= 11 is 7.60. The molecule has 2 aromatic rings. The molecule has 2 rings (SSSR count). The van der Waals surface area contributed by atoms with Gasteiger partial charge in [-0.1, -0.05) is 29.8 Å². The molecule has 0 aliphatic heterocycles. The van der Waals surface area contributed by atoms with Gasteiger partial charge in [0.15, 0.2) is 0 Å². The van der Waals surface area contributed by atoms with E-state index in [4.69, 9.17) is 11.6 Å². The average molecular weight is 346 g/mol. The van der Waals surface area contributed by atoms with Crippen molar-refractivity contribution in [2.45, 2.75) is 13.0 Å². The first-order chi connectivity index (χ1) is 9.70. The van der Waals surface area contributed by atoms with Crippen molar-refractivity contribution in [1.29, 1.82) is 0 Å². The summed E-state index contributed by atoms with van der Waals surface area (Å²) in [5.41, 5.74) is 0. The van der Waals surface area contributed by atoms with Gasteiger partial charge in [0.05, 0.1) is 10.8 Å². The second-order valence-corrected chi connectivity index (χ2v) is 8.71. The molecule has 21 heavy (non-hydrogen) atoms. The van der Waals surface area contributed by atoms with Crippen molar-refractivity contribution in [2.75, 3.05) is 19.1 Å². The van der Waals surface area contributed by atoms with Crippen molar-refractivity contribution < 1.29 is 13.2 Å². The van der Waals surface area contributed by atoms with Gasteiger partial charge >= 0.3 is 0 Å². The number of carbonyl (C=O) groups excluding carboxylic acids is 1. The van der Waals surface area contributed by atoms with Crippen molar-refractivity contribution in [3.05, 3.63) is 34.2 Å². The fraction of sp³-hybridized carbons (Fsp3) is 0.357. The predicted octanol–water partition coefficient (Wildman–Crippen LogP) is 3.06. The molecular formula is C14H16ClNO3S2. The number of amides is 1. The Bertz CT molecular complexity index is 783. The van der Waals surface area contributed by atoms with E-state index in [2.05, 4.69) is 0 Å². The Labute approximate surface area is 133 Å². The van der Waals surface area contributed by atoms with Crippen LogP contribution in [-0.2, 0) is 9.84 Å². The number of fused-ring (bicyclic) bond motifs is 1. The number of rotatable bonds is 4. The molecule has 114 valence electrons. The van der Waals surface area contributed by atoms with Crippen LogP contribution in [0.15, 0.2) is 24.3 Å². The number of carbonyl (C=O) groups is 1. The Morgan fingerprint density at radius 3 is 2.57 bits per heavy atom. The number of hydrogen-bond acceptors (Lipinski definition) is 4. The molecule has 0 spiro atoms. The zero-order valence-corrected chi connectivity index (χ0v) is 14.3. The molecule has 1 amide bonds. The molecule has 0 saturated carbocycles. The highest BCUT2D eigenvalue weighted by Crippen LogP contribution is 2.35. The normalized spacial score (nSPS) is 13.3. The molecule has 0 aliphatic rings. The largest absolute Gasteiger partial charge is 0.337 e. The van der Waals surface area contributed by atoms with Gasteiger partial charge in [0.2, 0.25) is 0 Å². The van der Waals surface area contributed by atoms with E-state index in [0.717, 1.165) is 16.3 Å². The van der Waals surface area contributed by atoms with Crippen LogP contribution in [0.4, 0.5) is 0 Å². The number of benzene rings is 1. The summed E-state index contributed by atoms with van der Waals surface area (Å²) in [5, 5.41) is 1.27. The second-order valence-electron chi connectivity index (χ2n) is 5.10. The molecule has 4 nitrogen and oxygen atoms in total. The minimum absolute atomic E-state index is 0.0717. The van der Waals surface area contributed by atoms with Gasteiger partial charge in [-0.05, 0) is 13.0 Å². The molecular weight excluding hydrogens is 330 g/mol. The van der Waals surface area contributed by atoms with Crippen molar-refractivity contribution in [2.24, 2.45) is 0 Å². The third-order valence-corrected chi connectivity index (χ3v) is 6.01. The van der Waals surface area contributed by atoms with E-state index in [1.807, 2.05) is 24.3 Å². The van der Waals surface area contributed by atoms with Gasteiger partial charge in [-0.2, -0.15) is 0 Å². The maximum absolute atomic E-state index is 12.5. The monoisotopic (exact) mass is 345 g/mol. The molecule has 7 heteroatoms. The van der Waals surface area contributed by atoms with Gasteiger partial charge in [-0.25, -0.2) is 8.42 Å². The lowest BCUT2D eigenvalue weighted by Crippen LogP contribution is -2.39. The SMILES string of the molecule is CC(CS(C)(=O)=O)N(C)C(=O)c1sc2ccccc2c1Cl. The highest BCUT2D eigenvalue weighted by Gasteiger charge is 2.25. The van der Waals surface area contributed by atoms with Crippen LogP contribution in [0.2, 0.25) is 5.02 Å². The molecule has 0 fully saturated rings. The standard InChI is InChI=1S/C14H16ClNO3S2/c1-9(8-21(3,18)19)16(2)14(17)13-12(15)10-6-4-5-7-11(10)20-13/h4-7,9H,8H2,1-3H3. The van der Waals surface area contributed by atoms with E-state index < -0.39 is 15.9 Å². The van der Waals surface area contributed by atoms with Gasteiger partial charge in [-0.15, -0.1) is 11.3 Å². The van der Waals surface area contributed by atoms with Gasteiger partial charge < -0.3 is 4.90 Å². The lowest BCUT2D eigenvalue weighted by molar-refractivity contribution is 0.0762. The average Bonchev–Trinajstić information content (AvgIpc) is 2.73. The molecule has 0 saturated heterocycles. The van der Waals surface area contributed by atoms with Crippen LogP contribution in [0, 0.1) is 0 Å². The first-order valence-electron chi connectivity index (χ1n) is 6.32. The topological polar surface area (TPSA) is 54.5 Å². The fourth-order valence-corrected chi connectivity index (χ4v) is 4.66. The van der Waals surface area contributed by atoms with Gasteiger partial charge in [-0.3, -0.25) is 4.79 Å². The summed E-state index contributed by atoms with van der Waals surface area (Å²) in [6.45, 7) is 1.71. The smallest absolute Gasteiger partial charge is 0.265 e. The molecule has 1 aromatic carbocycles. The molecule has 1 heterocycles. The zero-order chi connectivity index (χ0) is 15.8. The van der Waals surface area contributed by atoms with Crippen LogP contribution in [0.5, 0.6) is 0 Å². The third kappa shape index (κ3) is 3.56. The van der Waals surface area contributed by atoms with E-state index in [0.29, 0.717) is 9.90 Å². The van der Waals surface area contributed by atoms with Crippen LogP contribution in [0.3, 0.4) is 0 Å². The van der Waals surface area contributed by atoms with Crippen LogP contribution in [0.25, 0.3) is 10.1 Å². The lowest BCUT2D eigenvalue weighted by Gasteiger charge is -2.23. The number of nitrogens with zero attached hydrogens (tertiary/aromatic N) is 1. The van der Waals surface area contributed by atoms with Gasteiger partial charge in [0.25, 0.3) is 5.91 Å². The maximum atomic E-state index is 12.5. The number of halogens is 1. The van der Waals surface area contributed by atoms with Gasteiger partial charge in [0, 0.05) is 29.4 Å². The molecule has 0 radical (unpaired) electrons. The molecule has 1 unspecified atom stereocenters. The highest BCUT2D eigenvalue weighted by atomic mass is 35.5. The van der Waals surface area contributed by atoms with Crippen molar-refractivity contribution in [1.82, 2.24) is 4.90 Å². The van der Waals surface area contributed by atoms with E-state index in [1.54, 1.807) is 14.0 Å². The van der Waals surface area contributed by atoms with E-state index >= 15 is 0 Å². The molecule has 1 atom stereocenters. The minimum Gasteiger partial charge on any atom is -0.337 e. The fourth-order valence-electron chi connectivity index (χ4n) is 2.06. The summed E-state index contributed by atoms with van der Waals surface area (Å²) in [4.78, 5) is 14.4. The summed E-state index contributed by atoms with van der Waals surface area (Å²) in [7, 11) is -1.55. The Morgan fingerprint density at radius 1 is 1.38 bits per heavy atom. The highest BCUT2D eigenvalue weighted by molar-refractivity contribution is 7.90. The maximum Gasteiger partial charge on any atom is 0.265 e. The second kappa shape index (κ2) is 5.94. The quantitative estimate of drug-likeness (QED) is 0.855. The Hall–Kier alpha value is -1.11. The Morgan fingerprint density at radius 2 is 2.00 bits per heavy atom. The van der Waals surface area contributed by atoms with E-state index in [-0.39, 0.29) is 11.7 Å². The number of hydrogen-bond donors (Lipinski definition) is 0. The Balaban J connectivity index is 2.31. The van der Waals surface area contributed by atoms with Crippen molar-refractivity contribution >= 4 is 48.8 Å². The van der Waals surface area contributed by atoms with Crippen molar-refractivity contribution in [3.63, 3.8) is 0 Å². The van der Waals surface area contributed by atoms with Crippen LogP contribution < -0.4 is 0 Å². The van der Waals surface area contributed by atoms with Gasteiger partial charge in [0.1, 0.15) is 14.7 Å². The van der Waals surface area contributed by atoms with Crippen LogP contribution in [0.1, 0.15) is 16.6 Å². The number of sulfone groups is 1. The minimum atomic E-state index is -3.14. The molecule has 0 N–H and O–H groups in total. The predicted molar refractivity (Wildman–Crippen MR) is 88.1 cm³/mol. The van der Waals surface area contributed by atoms with Crippen LogP contribution in [-0.4, -0.2) is 44.3 Å². The molecule has 1 aromatic heterocycles. The lowest BCUT2D eigenvalue weighted by atomic mass is 10.2. The molecule has 0 bridgehead atoms. The third-order valence-electron chi connectivity index (χ3n) is 3.25. The Kier molecular flexibility index (Phi) is 4.60. The summed E-state index contributed by atoms with van der Waals surface area (Å²) < 4.78 is 23.6. The summed E-state index contributed by atoms with van der Waals surface area (Å²) in [6, 6.07) is 7.12. The van der Waals surface area contributed by atoms with Crippen LogP contribution >= 0.6 is 22.9 Å². The number of thiophene rings is 1. The summed E-state index contributed by atoms with van der Waals surface area (Å²) in [6.07, 6.45) is 1.16. The van der Waals surface area contributed by atoms with E-state index in [1.165, 1.54) is 16.2 Å². The molecule has 0 aliphatic carbocycles. The van der Waals surface area contributed by atoms with E-state index in [9.17, 15) is 13.2 Å². The summed E-state index contributed by atoms with van der Waals surface area (Å²) in [5.74, 6) is -0.324. The zero-order valence-electron chi connectivity index (χ0n) is 12.0.